The van der Waals surface area contributed by atoms with Crippen LogP contribution < -0.4 is 5.32 Å². The van der Waals surface area contributed by atoms with E-state index in [0.717, 1.165) is 56.3 Å². The van der Waals surface area contributed by atoms with Crippen LogP contribution in [0.25, 0.3) is 0 Å². The molecule has 1 aromatic carbocycles. The van der Waals surface area contributed by atoms with Gasteiger partial charge in [-0.1, -0.05) is 24.2 Å². The molecular weight excluding hydrogens is 316 g/mol. The van der Waals surface area contributed by atoms with Crippen molar-refractivity contribution in [3.05, 3.63) is 47.3 Å². The van der Waals surface area contributed by atoms with Crippen molar-refractivity contribution < 1.29 is 9.32 Å². The molecule has 1 amide bonds. The summed E-state index contributed by atoms with van der Waals surface area (Å²) in [5.41, 5.74) is 3.02. The summed E-state index contributed by atoms with van der Waals surface area (Å²) in [7, 11) is 0. The van der Waals surface area contributed by atoms with Crippen molar-refractivity contribution in [2.75, 3.05) is 38.0 Å². The van der Waals surface area contributed by atoms with Crippen LogP contribution in [0.2, 0.25) is 0 Å². The number of carbonyl (C=O) groups excluding carboxylic acids is 1. The molecule has 2 heterocycles. The number of piperazine rings is 1. The lowest BCUT2D eigenvalue weighted by atomic mass is 10.1. The molecule has 3 rings (SSSR count). The molecule has 0 radical (unpaired) electrons. The molecule has 0 aliphatic carbocycles. The van der Waals surface area contributed by atoms with Gasteiger partial charge in [-0.2, -0.15) is 0 Å². The molecule has 0 spiro atoms. The molecular formula is C19H26N4O2. The number of benzene rings is 1. The molecule has 2 aromatic rings. The van der Waals surface area contributed by atoms with E-state index in [4.69, 9.17) is 4.52 Å². The fourth-order valence-corrected chi connectivity index (χ4v) is 3.09. The maximum Gasteiger partial charge on any atom is 0.238 e. The van der Waals surface area contributed by atoms with Gasteiger partial charge in [0.1, 0.15) is 0 Å². The zero-order chi connectivity index (χ0) is 17.6. The highest BCUT2D eigenvalue weighted by Crippen LogP contribution is 2.12. The summed E-state index contributed by atoms with van der Waals surface area (Å²) < 4.78 is 5.27. The summed E-state index contributed by atoms with van der Waals surface area (Å²) in [6.07, 6.45) is 0.969. The number of aromatic nitrogens is 1. The topological polar surface area (TPSA) is 61.6 Å². The van der Waals surface area contributed by atoms with Crippen LogP contribution in [-0.2, 0) is 17.8 Å². The maximum atomic E-state index is 12.3. The van der Waals surface area contributed by atoms with Crippen LogP contribution >= 0.6 is 0 Å². The molecule has 134 valence electrons. The molecule has 0 saturated carbocycles. The van der Waals surface area contributed by atoms with Crippen molar-refractivity contribution in [1.82, 2.24) is 15.0 Å². The Balaban J connectivity index is 1.42. The van der Waals surface area contributed by atoms with E-state index in [2.05, 4.69) is 33.3 Å². The number of nitrogens with one attached hydrogen (secondary N) is 1. The van der Waals surface area contributed by atoms with Crippen LogP contribution in [0.1, 0.15) is 23.9 Å². The quantitative estimate of drug-likeness (QED) is 0.873. The Bertz CT molecular complexity index is 705. The average Bonchev–Trinajstić information content (AvgIpc) is 3.01. The van der Waals surface area contributed by atoms with Crippen LogP contribution in [0.3, 0.4) is 0 Å². The molecule has 0 atom stereocenters. The normalized spacial score (nSPS) is 16.1. The van der Waals surface area contributed by atoms with Gasteiger partial charge in [0.15, 0.2) is 5.76 Å². The van der Waals surface area contributed by atoms with E-state index in [1.807, 2.05) is 31.2 Å². The number of rotatable bonds is 6. The Labute approximate surface area is 148 Å². The van der Waals surface area contributed by atoms with Gasteiger partial charge in [-0.25, -0.2) is 0 Å². The molecule has 6 heteroatoms. The second-order valence-corrected chi connectivity index (χ2v) is 6.59. The van der Waals surface area contributed by atoms with Gasteiger partial charge in [0.05, 0.1) is 18.8 Å². The number of amides is 1. The average molecular weight is 342 g/mol. The van der Waals surface area contributed by atoms with Crippen molar-refractivity contribution in [2.24, 2.45) is 0 Å². The third-order valence-electron chi connectivity index (χ3n) is 4.51. The second kappa shape index (κ2) is 8.27. The first-order valence-corrected chi connectivity index (χ1v) is 8.88. The summed E-state index contributed by atoms with van der Waals surface area (Å²) >= 11 is 0. The lowest BCUT2D eigenvalue weighted by Crippen LogP contribution is -2.48. The Hall–Kier alpha value is -2.18. The van der Waals surface area contributed by atoms with Crippen molar-refractivity contribution in [3.63, 3.8) is 0 Å². The molecule has 1 aliphatic heterocycles. The van der Waals surface area contributed by atoms with E-state index in [1.54, 1.807) is 0 Å². The molecule has 25 heavy (non-hydrogen) atoms. The minimum absolute atomic E-state index is 0.0487. The highest BCUT2D eigenvalue weighted by molar-refractivity contribution is 5.92. The zero-order valence-corrected chi connectivity index (χ0v) is 15.0. The van der Waals surface area contributed by atoms with Gasteiger partial charge in [-0.05, 0) is 31.0 Å². The van der Waals surface area contributed by atoms with Gasteiger partial charge >= 0.3 is 0 Å². The summed E-state index contributed by atoms with van der Waals surface area (Å²) in [6, 6.07) is 10.0. The number of aryl methyl sites for hydroxylation is 2. The molecule has 0 unspecified atom stereocenters. The SMILES string of the molecule is CCc1cccc(NC(=O)CN2CCN(Cc3cc(C)no3)CC2)c1. The number of anilines is 1. The Morgan fingerprint density at radius 1 is 1.20 bits per heavy atom. The minimum Gasteiger partial charge on any atom is -0.360 e. The second-order valence-electron chi connectivity index (χ2n) is 6.59. The Kier molecular flexibility index (Phi) is 5.83. The predicted molar refractivity (Wildman–Crippen MR) is 97.4 cm³/mol. The summed E-state index contributed by atoms with van der Waals surface area (Å²) in [5.74, 6) is 0.951. The monoisotopic (exact) mass is 342 g/mol. The van der Waals surface area contributed by atoms with Crippen molar-refractivity contribution in [3.8, 4) is 0 Å². The third-order valence-corrected chi connectivity index (χ3v) is 4.51. The standard InChI is InChI=1S/C19H26N4O2/c1-3-16-5-4-6-17(12-16)20-19(24)14-23-9-7-22(8-10-23)13-18-11-15(2)21-25-18/h4-6,11-12H,3,7-10,13-14H2,1-2H3,(H,20,24). The molecule has 0 bridgehead atoms. The third kappa shape index (κ3) is 5.14. The van der Waals surface area contributed by atoms with E-state index in [9.17, 15) is 4.79 Å². The lowest BCUT2D eigenvalue weighted by Gasteiger charge is -2.33. The molecule has 6 nitrogen and oxygen atoms in total. The molecule has 1 fully saturated rings. The van der Waals surface area contributed by atoms with Crippen LogP contribution in [0.5, 0.6) is 0 Å². The number of hydrogen-bond acceptors (Lipinski definition) is 5. The van der Waals surface area contributed by atoms with Crippen molar-refractivity contribution >= 4 is 11.6 Å². The highest BCUT2D eigenvalue weighted by Gasteiger charge is 2.20. The Morgan fingerprint density at radius 3 is 2.64 bits per heavy atom. The van der Waals surface area contributed by atoms with Crippen molar-refractivity contribution in [1.29, 1.82) is 0 Å². The first kappa shape index (κ1) is 17.6. The minimum atomic E-state index is 0.0487. The molecule has 1 N–H and O–H groups in total. The summed E-state index contributed by atoms with van der Waals surface area (Å²) in [6.45, 7) is 8.89. The molecule has 1 saturated heterocycles. The van der Waals surface area contributed by atoms with E-state index in [1.165, 1.54) is 5.56 Å². The van der Waals surface area contributed by atoms with Crippen LogP contribution in [0.15, 0.2) is 34.9 Å². The first-order valence-electron chi connectivity index (χ1n) is 8.88. The predicted octanol–water partition coefficient (Wildman–Crippen LogP) is 2.30. The van der Waals surface area contributed by atoms with Gasteiger partial charge in [0.2, 0.25) is 5.91 Å². The lowest BCUT2D eigenvalue weighted by molar-refractivity contribution is -0.117. The summed E-state index contributed by atoms with van der Waals surface area (Å²) in [4.78, 5) is 16.8. The highest BCUT2D eigenvalue weighted by atomic mass is 16.5. The van der Waals surface area contributed by atoms with Gasteiger partial charge in [-0.3, -0.25) is 14.6 Å². The Morgan fingerprint density at radius 2 is 1.96 bits per heavy atom. The van der Waals surface area contributed by atoms with E-state index < -0.39 is 0 Å². The number of carbonyl (C=O) groups is 1. The first-order chi connectivity index (χ1) is 12.1. The van der Waals surface area contributed by atoms with Crippen LogP contribution in [0.4, 0.5) is 5.69 Å². The van der Waals surface area contributed by atoms with Gasteiger partial charge < -0.3 is 9.84 Å². The number of hydrogen-bond donors (Lipinski definition) is 1. The van der Waals surface area contributed by atoms with E-state index >= 15 is 0 Å². The molecule has 1 aliphatic rings. The smallest absolute Gasteiger partial charge is 0.238 e. The fourth-order valence-electron chi connectivity index (χ4n) is 3.09. The van der Waals surface area contributed by atoms with Crippen LogP contribution in [-0.4, -0.2) is 53.6 Å². The molecule has 1 aromatic heterocycles. The van der Waals surface area contributed by atoms with Gasteiger partial charge in [-0.15, -0.1) is 0 Å². The van der Waals surface area contributed by atoms with Gasteiger partial charge in [0, 0.05) is 37.9 Å². The van der Waals surface area contributed by atoms with Crippen LogP contribution in [0, 0.1) is 6.92 Å². The largest absolute Gasteiger partial charge is 0.360 e. The zero-order valence-electron chi connectivity index (χ0n) is 15.0. The van der Waals surface area contributed by atoms with Crippen molar-refractivity contribution in [2.45, 2.75) is 26.8 Å². The summed E-state index contributed by atoms with van der Waals surface area (Å²) in [5, 5.41) is 6.92. The van der Waals surface area contributed by atoms with E-state index in [0.29, 0.717) is 6.54 Å². The van der Waals surface area contributed by atoms with E-state index in [-0.39, 0.29) is 5.91 Å². The fraction of sp³-hybridized carbons (Fsp3) is 0.474. The maximum absolute atomic E-state index is 12.3. The van der Waals surface area contributed by atoms with Gasteiger partial charge in [0.25, 0.3) is 0 Å². The number of nitrogens with zero attached hydrogens (tertiary/aromatic N) is 3.